The molecule has 0 spiro atoms. The Hall–Kier alpha value is -2.17. The zero-order valence-electron chi connectivity index (χ0n) is 10.9. The Labute approximate surface area is 115 Å². The number of ether oxygens (including phenoxy) is 1. The largest absolute Gasteiger partial charge is 0.494 e. The SMILES string of the molecule is COc1cc(F)ccc1NCc1ccc(C(F)F)cc1. The van der Waals surface area contributed by atoms with Crippen LogP contribution in [-0.2, 0) is 6.54 Å². The second-order valence-electron chi connectivity index (χ2n) is 4.24. The Morgan fingerprint density at radius 2 is 1.80 bits per heavy atom. The van der Waals surface area contributed by atoms with Crippen molar-refractivity contribution in [2.24, 2.45) is 0 Å². The summed E-state index contributed by atoms with van der Waals surface area (Å²) < 4.78 is 42.9. The maximum absolute atomic E-state index is 13.0. The zero-order valence-corrected chi connectivity index (χ0v) is 10.9. The molecule has 1 N–H and O–H groups in total. The molecule has 0 saturated carbocycles. The topological polar surface area (TPSA) is 21.3 Å². The first-order chi connectivity index (χ1) is 9.60. The van der Waals surface area contributed by atoms with Gasteiger partial charge in [0.15, 0.2) is 0 Å². The molecule has 0 aliphatic carbocycles. The van der Waals surface area contributed by atoms with E-state index in [0.29, 0.717) is 18.0 Å². The molecule has 0 unspecified atom stereocenters. The second-order valence-corrected chi connectivity index (χ2v) is 4.24. The molecule has 2 aromatic rings. The van der Waals surface area contributed by atoms with Gasteiger partial charge in [0.2, 0.25) is 0 Å². The zero-order chi connectivity index (χ0) is 14.5. The normalized spacial score (nSPS) is 10.7. The summed E-state index contributed by atoms with van der Waals surface area (Å²) in [5.41, 5.74) is 1.49. The molecule has 0 heterocycles. The molecule has 0 bridgehead atoms. The third kappa shape index (κ3) is 3.44. The van der Waals surface area contributed by atoms with Gasteiger partial charge in [0.1, 0.15) is 11.6 Å². The maximum Gasteiger partial charge on any atom is 0.263 e. The van der Waals surface area contributed by atoms with E-state index in [9.17, 15) is 13.2 Å². The van der Waals surface area contributed by atoms with Crippen LogP contribution < -0.4 is 10.1 Å². The third-order valence-corrected chi connectivity index (χ3v) is 2.88. The Bertz CT molecular complexity index is 570. The standard InChI is InChI=1S/C15H14F3NO/c1-20-14-8-12(16)6-7-13(14)19-9-10-2-4-11(5-3-10)15(17)18/h2-8,15,19H,9H2,1H3. The highest BCUT2D eigenvalue weighted by Gasteiger charge is 2.07. The Morgan fingerprint density at radius 3 is 2.40 bits per heavy atom. The summed E-state index contributed by atoms with van der Waals surface area (Å²) in [6.45, 7) is 0.436. The van der Waals surface area contributed by atoms with Gasteiger partial charge in [0, 0.05) is 18.2 Å². The minimum absolute atomic E-state index is 0.00638. The summed E-state index contributed by atoms with van der Waals surface area (Å²) in [5.74, 6) is 0.0166. The molecule has 0 aliphatic heterocycles. The predicted octanol–water partition coefficient (Wildman–Crippen LogP) is 4.38. The lowest BCUT2D eigenvalue weighted by Crippen LogP contribution is -2.02. The monoisotopic (exact) mass is 281 g/mol. The number of anilines is 1. The summed E-state index contributed by atoms with van der Waals surface area (Å²) in [6, 6.07) is 10.2. The fraction of sp³-hybridized carbons (Fsp3) is 0.200. The Kier molecular flexibility index (Phi) is 4.50. The summed E-state index contributed by atoms with van der Waals surface area (Å²) in [6.07, 6.45) is -2.46. The van der Waals surface area contributed by atoms with Crippen LogP contribution in [0.3, 0.4) is 0 Å². The highest BCUT2D eigenvalue weighted by molar-refractivity contribution is 5.56. The van der Waals surface area contributed by atoms with E-state index in [1.165, 1.54) is 31.4 Å². The van der Waals surface area contributed by atoms with E-state index in [0.717, 1.165) is 5.56 Å². The van der Waals surface area contributed by atoms with E-state index in [2.05, 4.69) is 5.32 Å². The fourth-order valence-corrected chi connectivity index (χ4v) is 1.79. The lowest BCUT2D eigenvalue weighted by atomic mass is 10.1. The summed E-state index contributed by atoms with van der Waals surface area (Å²) in [7, 11) is 1.46. The first kappa shape index (κ1) is 14.2. The highest BCUT2D eigenvalue weighted by atomic mass is 19.3. The average molecular weight is 281 g/mol. The van der Waals surface area contributed by atoms with Crippen molar-refractivity contribution in [1.29, 1.82) is 0 Å². The molecule has 0 amide bonds. The highest BCUT2D eigenvalue weighted by Crippen LogP contribution is 2.25. The Balaban J connectivity index is 2.05. The van der Waals surface area contributed by atoms with E-state index >= 15 is 0 Å². The molecule has 0 aromatic heterocycles. The van der Waals surface area contributed by atoms with Crippen LogP contribution in [0.25, 0.3) is 0 Å². The maximum atomic E-state index is 13.0. The summed E-state index contributed by atoms with van der Waals surface area (Å²) >= 11 is 0. The summed E-state index contributed by atoms with van der Waals surface area (Å²) in [5, 5.41) is 3.08. The van der Waals surface area contributed by atoms with Gasteiger partial charge in [-0.05, 0) is 17.7 Å². The van der Waals surface area contributed by atoms with Crippen LogP contribution in [-0.4, -0.2) is 7.11 Å². The van der Waals surface area contributed by atoms with Crippen LogP contribution in [0.1, 0.15) is 17.6 Å². The van der Waals surface area contributed by atoms with E-state index in [4.69, 9.17) is 4.74 Å². The number of nitrogens with one attached hydrogen (secondary N) is 1. The van der Waals surface area contributed by atoms with Crippen LogP contribution >= 0.6 is 0 Å². The van der Waals surface area contributed by atoms with Gasteiger partial charge in [0.05, 0.1) is 12.8 Å². The number of hydrogen-bond donors (Lipinski definition) is 1. The average Bonchev–Trinajstić information content (AvgIpc) is 2.46. The van der Waals surface area contributed by atoms with Crippen LogP contribution in [0, 0.1) is 5.82 Å². The van der Waals surface area contributed by atoms with Gasteiger partial charge in [-0.25, -0.2) is 13.2 Å². The number of hydrogen-bond acceptors (Lipinski definition) is 2. The van der Waals surface area contributed by atoms with Crippen molar-refractivity contribution >= 4 is 5.69 Å². The van der Waals surface area contributed by atoms with E-state index < -0.39 is 6.43 Å². The lowest BCUT2D eigenvalue weighted by Gasteiger charge is -2.11. The molecule has 20 heavy (non-hydrogen) atoms. The van der Waals surface area contributed by atoms with E-state index in [1.807, 2.05) is 0 Å². The fourth-order valence-electron chi connectivity index (χ4n) is 1.79. The molecule has 0 atom stereocenters. The van der Waals surface area contributed by atoms with Crippen molar-refractivity contribution < 1.29 is 17.9 Å². The molecular weight excluding hydrogens is 267 g/mol. The molecule has 2 aromatic carbocycles. The molecule has 2 rings (SSSR count). The smallest absolute Gasteiger partial charge is 0.263 e. The van der Waals surface area contributed by atoms with Crippen molar-refractivity contribution in [3.63, 3.8) is 0 Å². The van der Waals surface area contributed by atoms with Crippen molar-refractivity contribution in [2.45, 2.75) is 13.0 Å². The number of benzene rings is 2. The Morgan fingerprint density at radius 1 is 1.10 bits per heavy atom. The quantitative estimate of drug-likeness (QED) is 0.878. The molecule has 0 fully saturated rings. The van der Waals surface area contributed by atoms with Gasteiger partial charge in [-0.15, -0.1) is 0 Å². The molecule has 0 saturated heterocycles. The first-order valence-electron chi connectivity index (χ1n) is 6.04. The van der Waals surface area contributed by atoms with Crippen LogP contribution in [0.4, 0.5) is 18.9 Å². The number of alkyl halides is 2. The van der Waals surface area contributed by atoms with Gasteiger partial charge in [-0.1, -0.05) is 24.3 Å². The third-order valence-electron chi connectivity index (χ3n) is 2.88. The van der Waals surface area contributed by atoms with Crippen molar-refractivity contribution in [1.82, 2.24) is 0 Å². The van der Waals surface area contributed by atoms with Gasteiger partial charge in [0.25, 0.3) is 6.43 Å². The molecule has 2 nitrogen and oxygen atoms in total. The molecule has 5 heteroatoms. The second kappa shape index (κ2) is 6.32. The van der Waals surface area contributed by atoms with Gasteiger partial charge < -0.3 is 10.1 Å². The van der Waals surface area contributed by atoms with E-state index in [-0.39, 0.29) is 11.4 Å². The number of halogens is 3. The number of methoxy groups -OCH3 is 1. The molecular formula is C15H14F3NO. The van der Waals surface area contributed by atoms with Crippen LogP contribution in [0.5, 0.6) is 5.75 Å². The van der Waals surface area contributed by atoms with E-state index in [1.54, 1.807) is 18.2 Å². The molecule has 0 radical (unpaired) electrons. The van der Waals surface area contributed by atoms with Crippen LogP contribution in [0.2, 0.25) is 0 Å². The van der Waals surface area contributed by atoms with Gasteiger partial charge in [-0.2, -0.15) is 0 Å². The molecule has 106 valence electrons. The minimum atomic E-state index is -2.46. The van der Waals surface area contributed by atoms with Gasteiger partial charge >= 0.3 is 0 Å². The summed E-state index contributed by atoms with van der Waals surface area (Å²) in [4.78, 5) is 0. The van der Waals surface area contributed by atoms with Crippen molar-refractivity contribution in [3.8, 4) is 5.75 Å². The van der Waals surface area contributed by atoms with Crippen molar-refractivity contribution in [2.75, 3.05) is 12.4 Å². The van der Waals surface area contributed by atoms with Crippen LogP contribution in [0.15, 0.2) is 42.5 Å². The van der Waals surface area contributed by atoms with Crippen molar-refractivity contribution in [3.05, 3.63) is 59.4 Å². The molecule has 0 aliphatic rings. The van der Waals surface area contributed by atoms with Gasteiger partial charge in [-0.3, -0.25) is 0 Å². The first-order valence-corrected chi connectivity index (χ1v) is 6.04. The predicted molar refractivity (Wildman–Crippen MR) is 71.7 cm³/mol. The lowest BCUT2D eigenvalue weighted by molar-refractivity contribution is 0.151. The number of rotatable bonds is 5. The minimum Gasteiger partial charge on any atom is -0.494 e.